The predicted octanol–water partition coefficient (Wildman–Crippen LogP) is 1.32. The average molecular weight is 156 g/mol. The van der Waals surface area contributed by atoms with Gasteiger partial charge in [-0.25, -0.2) is 0 Å². The van der Waals surface area contributed by atoms with Gasteiger partial charge in [-0.3, -0.25) is 0 Å². The van der Waals surface area contributed by atoms with Crippen molar-refractivity contribution in [1.82, 2.24) is 20.2 Å². The third-order valence-corrected chi connectivity index (χ3v) is 1.11. The predicted molar refractivity (Wildman–Crippen MR) is 44.1 cm³/mol. The van der Waals surface area contributed by atoms with Crippen LogP contribution >= 0.6 is 0 Å². The van der Waals surface area contributed by atoms with Crippen molar-refractivity contribution in [1.29, 1.82) is 0 Å². The Morgan fingerprint density at radius 3 is 1.91 bits per heavy atom. The van der Waals surface area contributed by atoms with Crippen LogP contribution in [0.1, 0.15) is 32.5 Å². The SMILES string of the molecule is CCCC.Cc1nnn(C)n1. The zero-order valence-electron chi connectivity index (χ0n) is 7.70. The highest BCUT2D eigenvalue weighted by molar-refractivity contribution is 4.65. The molecule has 64 valence electrons. The summed E-state index contributed by atoms with van der Waals surface area (Å²) in [5.41, 5.74) is 0. The topological polar surface area (TPSA) is 43.6 Å². The van der Waals surface area contributed by atoms with Crippen LogP contribution in [0, 0.1) is 6.92 Å². The van der Waals surface area contributed by atoms with Gasteiger partial charge in [0.25, 0.3) is 0 Å². The third kappa shape index (κ3) is 5.51. The molecular weight excluding hydrogens is 140 g/mol. The van der Waals surface area contributed by atoms with Crippen LogP contribution in [-0.4, -0.2) is 20.2 Å². The molecule has 0 N–H and O–H groups in total. The third-order valence-electron chi connectivity index (χ3n) is 1.11. The molecule has 11 heavy (non-hydrogen) atoms. The second kappa shape index (κ2) is 5.82. The lowest BCUT2D eigenvalue weighted by molar-refractivity contribution is 0.629. The zero-order valence-corrected chi connectivity index (χ0v) is 7.70. The number of hydrogen-bond acceptors (Lipinski definition) is 3. The molecule has 0 spiro atoms. The summed E-state index contributed by atoms with van der Waals surface area (Å²) in [5, 5.41) is 11.0. The van der Waals surface area contributed by atoms with E-state index in [-0.39, 0.29) is 0 Å². The number of tetrazole rings is 1. The molecule has 0 amide bonds. The summed E-state index contributed by atoms with van der Waals surface area (Å²) in [7, 11) is 1.74. The summed E-state index contributed by atoms with van der Waals surface area (Å²) < 4.78 is 0. The molecule has 1 heterocycles. The summed E-state index contributed by atoms with van der Waals surface area (Å²) in [6.45, 7) is 6.16. The van der Waals surface area contributed by atoms with E-state index in [0.717, 1.165) is 0 Å². The minimum absolute atomic E-state index is 0.711. The fourth-order valence-corrected chi connectivity index (χ4v) is 0.379. The van der Waals surface area contributed by atoms with Crippen LogP contribution < -0.4 is 0 Å². The molecular formula is C7H16N4. The number of hydrogen-bond donors (Lipinski definition) is 0. The van der Waals surface area contributed by atoms with Gasteiger partial charge in [0.2, 0.25) is 0 Å². The smallest absolute Gasteiger partial charge is 0.167 e. The molecule has 4 nitrogen and oxygen atoms in total. The largest absolute Gasteiger partial charge is 0.171 e. The van der Waals surface area contributed by atoms with Crippen molar-refractivity contribution in [2.75, 3.05) is 0 Å². The van der Waals surface area contributed by atoms with Crippen LogP contribution in [0.15, 0.2) is 0 Å². The van der Waals surface area contributed by atoms with Gasteiger partial charge in [0.1, 0.15) is 0 Å². The molecule has 4 heteroatoms. The van der Waals surface area contributed by atoms with Gasteiger partial charge in [0.05, 0.1) is 7.05 Å². The van der Waals surface area contributed by atoms with E-state index in [4.69, 9.17) is 0 Å². The minimum atomic E-state index is 0.711. The fraction of sp³-hybridized carbons (Fsp3) is 0.857. The highest BCUT2D eigenvalue weighted by Gasteiger charge is 1.85. The first-order valence-corrected chi connectivity index (χ1v) is 3.91. The second-order valence-electron chi connectivity index (χ2n) is 2.33. The maximum Gasteiger partial charge on any atom is 0.171 e. The normalized spacial score (nSPS) is 8.73. The number of aryl methyl sites for hydroxylation is 2. The Labute approximate surface area is 67.6 Å². The maximum absolute atomic E-state index is 3.81. The molecule has 0 aliphatic heterocycles. The molecule has 0 bridgehead atoms. The minimum Gasteiger partial charge on any atom is -0.167 e. The highest BCUT2D eigenvalue weighted by atomic mass is 15.6. The van der Waals surface area contributed by atoms with Crippen molar-refractivity contribution >= 4 is 0 Å². The molecule has 0 aliphatic rings. The van der Waals surface area contributed by atoms with Crippen molar-refractivity contribution in [3.63, 3.8) is 0 Å². The quantitative estimate of drug-likeness (QED) is 0.616. The van der Waals surface area contributed by atoms with E-state index in [9.17, 15) is 0 Å². The van der Waals surface area contributed by atoms with Gasteiger partial charge in [-0.05, 0) is 12.1 Å². The zero-order chi connectivity index (χ0) is 8.69. The molecule has 0 saturated carbocycles. The van der Waals surface area contributed by atoms with E-state index in [1.165, 1.54) is 17.6 Å². The van der Waals surface area contributed by atoms with Gasteiger partial charge in [-0.2, -0.15) is 4.80 Å². The number of unbranched alkanes of at least 4 members (excludes halogenated alkanes) is 1. The van der Waals surface area contributed by atoms with E-state index in [2.05, 4.69) is 29.3 Å². The van der Waals surface area contributed by atoms with Crippen molar-refractivity contribution in [2.45, 2.75) is 33.6 Å². The fourth-order valence-electron chi connectivity index (χ4n) is 0.379. The molecule has 0 unspecified atom stereocenters. The van der Waals surface area contributed by atoms with E-state index in [1.54, 1.807) is 14.0 Å². The number of nitrogens with zero attached hydrogens (tertiary/aromatic N) is 4. The summed E-state index contributed by atoms with van der Waals surface area (Å²) in [6.07, 6.45) is 2.64. The van der Waals surface area contributed by atoms with Crippen LogP contribution in [0.25, 0.3) is 0 Å². The van der Waals surface area contributed by atoms with E-state index < -0.39 is 0 Å². The lowest BCUT2D eigenvalue weighted by atomic mass is 10.4. The standard InChI is InChI=1S/C4H10.C3H6N4/c1-3-4-2;1-3-4-6-7(2)5-3/h3-4H2,1-2H3;1-2H3. The molecule has 0 atom stereocenters. The van der Waals surface area contributed by atoms with Gasteiger partial charge in [0.15, 0.2) is 5.82 Å². The number of aromatic nitrogens is 4. The van der Waals surface area contributed by atoms with Gasteiger partial charge >= 0.3 is 0 Å². The lowest BCUT2D eigenvalue weighted by Gasteiger charge is -1.73. The van der Waals surface area contributed by atoms with Crippen molar-refractivity contribution < 1.29 is 0 Å². The van der Waals surface area contributed by atoms with Crippen LogP contribution in [0.3, 0.4) is 0 Å². The Bertz CT molecular complexity index is 164. The van der Waals surface area contributed by atoms with Gasteiger partial charge in [-0.1, -0.05) is 26.7 Å². The molecule has 0 aliphatic carbocycles. The average Bonchev–Trinajstić information content (AvgIpc) is 2.35. The van der Waals surface area contributed by atoms with Crippen molar-refractivity contribution in [3.05, 3.63) is 5.82 Å². The number of rotatable bonds is 1. The van der Waals surface area contributed by atoms with E-state index >= 15 is 0 Å². The molecule has 0 saturated heterocycles. The van der Waals surface area contributed by atoms with Crippen molar-refractivity contribution in [2.24, 2.45) is 7.05 Å². The molecule has 1 aromatic rings. The second-order valence-corrected chi connectivity index (χ2v) is 2.33. The monoisotopic (exact) mass is 156 g/mol. The van der Waals surface area contributed by atoms with Crippen LogP contribution in [0.4, 0.5) is 0 Å². The van der Waals surface area contributed by atoms with E-state index in [0.29, 0.717) is 5.82 Å². The van der Waals surface area contributed by atoms with Crippen molar-refractivity contribution in [3.8, 4) is 0 Å². The van der Waals surface area contributed by atoms with Gasteiger partial charge < -0.3 is 0 Å². The maximum atomic E-state index is 3.81. The van der Waals surface area contributed by atoms with Crippen LogP contribution in [0.5, 0.6) is 0 Å². The highest BCUT2D eigenvalue weighted by Crippen LogP contribution is 1.76. The Hall–Kier alpha value is -0.930. The van der Waals surface area contributed by atoms with Gasteiger partial charge in [-0.15, -0.1) is 10.2 Å². The lowest BCUT2D eigenvalue weighted by Crippen LogP contribution is -1.91. The molecule has 0 aromatic carbocycles. The Morgan fingerprint density at radius 2 is 1.82 bits per heavy atom. The Balaban J connectivity index is 0.000000218. The van der Waals surface area contributed by atoms with Gasteiger partial charge in [0, 0.05) is 0 Å². The van der Waals surface area contributed by atoms with Crippen LogP contribution in [-0.2, 0) is 7.05 Å². The summed E-state index contributed by atoms with van der Waals surface area (Å²) >= 11 is 0. The molecule has 0 radical (unpaired) electrons. The first kappa shape index (κ1) is 10.1. The first-order valence-electron chi connectivity index (χ1n) is 3.91. The molecule has 1 aromatic heterocycles. The Morgan fingerprint density at radius 1 is 1.27 bits per heavy atom. The molecule has 1 rings (SSSR count). The van der Waals surface area contributed by atoms with Crippen LogP contribution in [0.2, 0.25) is 0 Å². The van der Waals surface area contributed by atoms with E-state index in [1.807, 2.05) is 0 Å². The summed E-state index contributed by atoms with van der Waals surface area (Å²) in [5.74, 6) is 0.711. The first-order chi connectivity index (χ1) is 5.20. The summed E-state index contributed by atoms with van der Waals surface area (Å²) in [4.78, 5) is 1.43. The Kier molecular flexibility index (Phi) is 5.33. The summed E-state index contributed by atoms with van der Waals surface area (Å²) in [6, 6.07) is 0. The molecule has 0 fully saturated rings.